The second-order valence-corrected chi connectivity index (χ2v) is 4.30. The van der Waals surface area contributed by atoms with E-state index in [4.69, 9.17) is 4.42 Å². The molecule has 0 saturated heterocycles. The van der Waals surface area contributed by atoms with E-state index < -0.39 is 5.63 Å². The lowest BCUT2D eigenvalue weighted by Gasteiger charge is -2.06. The van der Waals surface area contributed by atoms with Gasteiger partial charge in [-0.25, -0.2) is 4.79 Å². The topological polar surface area (TPSA) is 50.4 Å². The van der Waals surface area contributed by atoms with E-state index in [1.165, 1.54) is 0 Å². The first-order chi connectivity index (χ1) is 9.25. The highest BCUT2D eigenvalue weighted by molar-refractivity contribution is 5.84. The number of hydrogen-bond donors (Lipinski definition) is 1. The maximum absolute atomic E-state index is 11.9. The Bertz CT molecular complexity index is 773. The summed E-state index contributed by atoms with van der Waals surface area (Å²) in [4.78, 5) is 11.9. The second-order valence-electron chi connectivity index (χ2n) is 4.30. The van der Waals surface area contributed by atoms with E-state index in [9.17, 15) is 9.90 Å². The van der Waals surface area contributed by atoms with Crippen molar-refractivity contribution in [1.29, 1.82) is 0 Å². The van der Waals surface area contributed by atoms with Crippen LogP contribution in [0.4, 0.5) is 0 Å². The van der Waals surface area contributed by atoms with Gasteiger partial charge in [0.15, 0.2) is 0 Å². The fraction of sp³-hybridized carbons (Fsp3) is 0.0625. The molecule has 0 atom stereocenters. The van der Waals surface area contributed by atoms with Crippen molar-refractivity contribution < 1.29 is 9.52 Å². The lowest BCUT2D eigenvalue weighted by Crippen LogP contribution is -2.08. The van der Waals surface area contributed by atoms with Crippen LogP contribution in [0.1, 0.15) is 11.1 Å². The van der Waals surface area contributed by atoms with Gasteiger partial charge in [-0.15, -0.1) is 0 Å². The molecule has 0 aliphatic rings. The third-order valence-electron chi connectivity index (χ3n) is 3.03. The molecule has 0 fully saturated rings. The first-order valence-electron chi connectivity index (χ1n) is 5.94. The van der Waals surface area contributed by atoms with Gasteiger partial charge in [0.25, 0.3) is 0 Å². The Balaban J connectivity index is 2.16. The smallest absolute Gasteiger partial charge is 0.343 e. The zero-order chi connectivity index (χ0) is 13.2. The average molecular weight is 251 g/mol. The number of rotatable bonds is 2. The summed E-state index contributed by atoms with van der Waals surface area (Å²) in [6.45, 7) is 0. The number of aromatic hydroxyl groups is 1. The molecule has 0 aliphatic carbocycles. The van der Waals surface area contributed by atoms with Crippen LogP contribution >= 0.6 is 0 Å². The van der Waals surface area contributed by atoms with Gasteiger partial charge in [0.2, 0.25) is 0 Å². The van der Waals surface area contributed by atoms with Gasteiger partial charge in [-0.3, -0.25) is 0 Å². The Morgan fingerprint density at radius 2 is 2.00 bits per heavy atom. The van der Waals surface area contributed by atoms with Crippen molar-refractivity contribution in [3.8, 4) is 5.75 Å². The molecule has 19 heavy (non-hydrogen) atoms. The molecule has 0 unspecified atom stereocenters. The summed E-state index contributed by atoms with van der Waals surface area (Å²) in [6, 6.07) is 17.2. The zero-order valence-electron chi connectivity index (χ0n) is 10.1. The summed E-state index contributed by atoms with van der Waals surface area (Å²) in [5.41, 5.74) is 1.08. The Hall–Kier alpha value is -2.55. The van der Waals surface area contributed by atoms with E-state index in [0.29, 0.717) is 17.4 Å². The van der Waals surface area contributed by atoms with Crippen LogP contribution in [0.3, 0.4) is 0 Å². The molecule has 1 heterocycles. The van der Waals surface area contributed by atoms with E-state index in [-0.39, 0.29) is 11.3 Å². The molecule has 0 bridgehead atoms. The highest BCUT2D eigenvalue weighted by Gasteiger charge is 2.13. The Morgan fingerprint density at radius 1 is 1.16 bits per heavy atom. The van der Waals surface area contributed by atoms with E-state index in [1.807, 2.05) is 12.1 Å². The van der Waals surface area contributed by atoms with E-state index in [2.05, 4.69) is 6.07 Å². The molecule has 2 aromatic carbocycles. The van der Waals surface area contributed by atoms with Gasteiger partial charge in [-0.2, -0.15) is 0 Å². The van der Waals surface area contributed by atoms with E-state index >= 15 is 0 Å². The van der Waals surface area contributed by atoms with Crippen molar-refractivity contribution in [3.63, 3.8) is 0 Å². The molecule has 93 valence electrons. The summed E-state index contributed by atoms with van der Waals surface area (Å²) < 4.78 is 5.22. The minimum atomic E-state index is -0.500. The first kappa shape index (κ1) is 11.5. The highest BCUT2D eigenvalue weighted by Crippen LogP contribution is 2.27. The lowest BCUT2D eigenvalue weighted by atomic mass is 10.0. The van der Waals surface area contributed by atoms with Gasteiger partial charge in [0.05, 0.1) is 10.9 Å². The van der Waals surface area contributed by atoms with Gasteiger partial charge in [-0.1, -0.05) is 36.4 Å². The van der Waals surface area contributed by atoms with Crippen LogP contribution in [-0.2, 0) is 6.42 Å². The van der Waals surface area contributed by atoms with E-state index in [0.717, 1.165) is 5.56 Å². The SMILES string of the molecule is O=c1oc2ccccc2c(O)c1Cc1c[c]ccc1. The maximum Gasteiger partial charge on any atom is 0.343 e. The van der Waals surface area contributed by atoms with Gasteiger partial charge in [-0.05, 0) is 23.8 Å². The van der Waals surface area contributed by atoms with Crippen molar-refractivity contribution in [1.82, 2.24) is 0 Å². The third-order valence-corrected chi connectivity index (χ3v) is 3.03. The third kappa shape index (κ3) is 2.10. The normalized spacial score (nSPS) is 10.7. The Labute approximate surface area is 109 Å². The Morgan fingerprint density at radius 3 is 2.79 bits per heavy atom. The van der Waals surface area contributed by atoms with Crippen LogP contribution < -0.4 is 5.63 Å². The van der Waals surface area contributed by atoms with Crippen molar-refractivity contribution >= 4 is 11.0 Å². The fourth-order valence-electron chi connectivity index (χ4n) is 2.07. The molecule has 1 radical (unpaired) electrons. The van der Waals surface area contributed by atoms with Crippen LogP contribution in [0.2, 0.25) is 0 Å². The molecular weight excluding hydrogens is 240 g/mol. The average Bonchev–Trinajstić information content (AvgIpc) is 2.45. The van der Waals surface area contributed by atoms with Crippen LogP contribution in [0, 0.1) is 6.07 Å². The maximum atomic E-state index is 11.9. The molecule has 3 heteroatoms. The number of fused-ring (bicyclic) bond motifs is 1. The number of benzene rings is 2. The number of hydrogen-bond acceptors (Lipinski definition) is 3. The van der Waals surface area contributed by atoms with Crippen molar-refractivity contribution in [2.45, 2.75) is 6.42 Å². The minimum Gasteiger partial charge on any atom is -0.507 e. The number of para-hydroxylation sites is 1. The molecule has 0 saturated carbocycles. The van der Waals surface area contributed by atoms with Crippen LogP contribution in [0.25, 0.3) is 11.0 Å². The zero-order valence-corrected chi connectivity index (χ0v) is 10.1. The van der Waals surface area contributed by atoms with Crippen molar-refractivity contribution in [2.75, 3.05) is 0 Å². The fourth-order valence-corrected chi connectivity index (χ4v) is 2.07. The summed E-state index contributed by atoms with van der Waals surface area (Å²) >= 11 is 0. The summed E-state index contributed by atoms with van der Waals surface area (Å²) in [5.74, 6) is -0.00398. The predicted octanol–water partition coefficient (Wildman–Crippen LogP) is 2.89. The molecule has 1 N–H and O–H groups in total. The predicted molar refractivity (Wildman–Crippen MR) is 72.2 cm³/mol. The van der Waals surface area contributed by atoms with Gasteiger partial charge >= 0.3 is 5.63 Å². The summed E-state index contributed by atoms with van der Waals surface area (Å²) in [6.07, 6.45) is 0.330. The molecule has 1 aromatic heterocycles. The van der Waals surface area contributed by atoms with Gasteiger partial charge in [0.1, 0.15) is 11.3 Å². The quantitative estimate of drug-likeness (QED) is 0.712. The first-order valence-corrected chi connectivity index (χ1v) is 5.94. The second kappa shape index (κ2) is 4.61. The Kier molecular flexibility index (Phi) is 2.80. The standard InChI is InChI=1S/C16H11O3/c17-15-12-8-4-5-9-14(12)19-16(18)13(15)10-11-6-2-1-3-7-11/h1-2,4-9,17H,10H2. The van der Waals surface area contributed by atoms with Crippen LogP contribution in [-0.4, -0.2) is 5.11 Å². The summed E-state index contributed by atoms with van der Waals surface area (Å²) in [5, 5.41) is 10.8. The van der Waals surface area contributed by atoms with Crippen LogP contribution in [0.5, 0.6) is 5.75 Å². The molecule has 0 aliphatic heterocycles. The molecule has 0 spiro atoms. The van der Waals surface area contributed by atoms with Gasteiger partial charge < -0.3 is 9.52 Å². The largest absolute Gasteiger partial charge is 0.507 e. The molecule has 0 amide bonds. The molecule has 3 nitrogen and oxygen atoms in total. The lowest BCUT2D eigenvalue weighted by molar-refractivity contribution is 0.458. The molecule has 3 aromatic rings. The summed E-state index contributed by atoms with van der Waals surface area (Å²) in [7, 11) is 0. The molecular formula is C16H11O3. The van der Waals surface area contributed by atoms with Crippen LogP contribution in [0.15, 0.2) is 57.7 Å². The van der Waals surface area contributed by atoms with E-state index in [1.54, 1.807) is 36.4 Å². The van der Waals surface area contributed by atoms with Crippen molar-refractivity contribution in [2.24, 2.45) is 0 Å². The highest BCUT2D eigenvalue weighted by atomic mass is 16.4. The monoisotopic (exact) mass is 251 g/mol. The minimum absolute atomic E-state index is 0.00398. The molecule has 3 rings (SSSR count). The van der Waals surface area contributed by atoms with Crippen molar-refractivity contribution in [3.05, 3.63) is 76.1 Å². The van der Waals surface area contributed by atoms with Gasteiger partial charge in [0, 0.05) is 6.42 Å².